The molecule has 1 radical (unpaired) electrons. The zero-order valence-corrected chi connectivity index (χ0v) is 13.2. The number of methoxy groups -OCH3 is 1. The summed E-state index contributed by atoms with van der Waals surface area (Å²) in [7, 11) is 1.57. The van der Waals surface area contributed by atoms with Crippen molar-refractivity contribution in [1.29, 1.82) is 0 Å². The Kier molecular flexibility index (Phi) is 5.51. The lowest BCUT2D eigenvalue weighted by Crippen LogP contribution is -2.15. The molecule has 0 atom stereocenters. The molecular weight excluding hydrogens is 292 g/mol. The lowest BCUT2D eigenvalue weighted by atomic mass is 9.81. The SMILES string of the molecule is CCC[CH]C(C)(C)Cc1cc(Br)c(O)c(OC)c1. The Hall–Kier alpha value is -0.700. The zero-order chi connectivity index (χ0) is 13.8. The second-order valence-electron chi connectivity index (χ2n) is 5.29. The topological polar surface area (TPSA) is 29.5 Å². The summed E-state index contributed by atoms with van der Waals surface area (Å²) in [6.07, 6.45) is 5.60. The van der Waals surface area contributed by atoms with Gasteiger partial charge in [0.15, 0.2) is 11.5 Å². The van der Waals surface area contributed by atoms with E-state index in [2.05, 4.69) is 43.1 Å². The zero-order valence-electron chi connectivity index (χ0n) is 11.6. The minimum absolute atomic E-state index is 0.150. The second kappa shape index (κ2) is 6.46. The van der Waals surface area contributed by atoms with Crippen LogP contribution in [0, 0.1) is 11.8 Å². The maximum Gasteiger partial charge on any atom is 0.172 e. The molecule has 0 unspecified atom stereocenters. The highest BCUT2D eigenvalue weighted by molar-refractivity contribution is 9.10. The molecule has 0 aromatic heterocycles. The summed E-state index contributed by atoms with van der Waals surface area (Å²) in [6, 6.07) is 3.86. The van der Waals surface area contributed by atoms with Gasteiger partial charge >= 0.3 is 0 Å². The van der Waals surface area contributed by atoms with E-state index in [0.717, 1.165) is 18.4 Å². The molecule has 1 N–H and O–H groups in total. The Morgan fingerprint density at radius 3 is 2.61 bits per heavy atom. The van der Waals surface area contributed by atoms with E-state index in [1.54, 1.807) is 7.11 Å². The van der Waals surface area contributed by atoms with E-state index in [-0.39, 0.29) is 11.2 Å². The molecule has 0 saturated carbocycles. The van der Waals surface area contributed by atoms with Gasteiger partial charge in [-0.2, -0.15) is 0 Å². The van der Waals surface area contributed by atoms with Crippen LogP contribution in [0.2, 0.25) is 0 Å². The summed E-state index contributed by atoms with van der Waals surface area (Å²) in [5, 5.41) is 9.78. The molecule has 3 heteroatoms. The number of unbranched alkanes of at least 4 members (excludes halogenated alkanes) is 1. The molecule has 1 aromatic carbocycles. The summed E-state index contributed by atoms with van der Waals surface area (Å²) in [5.41, 5.74) is 1.31. The molecule has 0 spiro atoms. The normalized spacial score (nSPS) is 11.6. The number of benzene rings is 1. The number of halogens is 1. The molecule has 0 aliphatic heterocycles. The smallest absolute Gasteiger partial charge is 0.172 e. The average molecular weight is 314 g/mol. The number of hydrogen-bond acceptors (Lipinski definition) is 2. The van der Waals surface area contributed by atoms with Crippen LogP contribution in [-0.4, -0.2) is 12.2 Å². The lowest BCUT2D eigenvalue weighted by molar-refractivity contribution is 0.369. The molecule has 0 aliphatic carbocycles. The Morgan fingerprint density at radius 1 is 1.39 bits per heavy atom. The summed E-state index contributed by atoms with van der Waals surface area (Å²) < 4.78 is 5.86. The van der Waals surface area contributed by atoms with Gasteiger partial charge in [0, 0.05) is 0 Å². The Balaban J connectivity index is 2.87. The predicted molar refractivity (Wildman–Crippen MR) is 79.1 cm³/mol. The first kappa shape index (κ1) is 15.4. The molecule has 1 rings (SSSR count). The van der Waals surface area contributed by atoms with Gasteiger partial charge in [-0.25, -0.2) is 0 Å². The van der Waals surface area contributed by atoms with Gasteiger partial charge in [-0.1, -0.05) is 27.2 Å². The number of hydrogen-bond donors (Lipinski definition) is 1. The van der Waals surface area contributed by atoms with E-state index in [0.29, 0.717) is 10.2 Å². The van der Waals surface area contributed by atoms with Crippen molar-refractivity contribution in [2.45, 2.75) is 40.0 Å². The van der Waals surface area contributed by atoms with E-state index in [4.69, 9.17) is 4.74 Å². The quantitative estimate of drug-likeness (QED) is 0.822. The van der Waals surface area contributed by atoms with Crippen molar-refractivity contribution in [2.75, 3.05) is 7.11 Å². The van der Waals surface area contributed by atoms with E-state index < -0.39 is 0 Å². The Labute approximate surface area is 118 Å². The van der Waals surface area contributed by atoms with E-state index in [1.807, 2.05) is 12.1 Å². The first-order valence-electron chi connectivity index (χ1n) is 6.29. The molecule has 18 heavy (non-hydrogen) atoms. The van der Waals surface area contributed by atoms with Crippen LogP contribution in [0.4, 0.5) is 0 Å². The lowest BCUT2D eigenvalue weighted by Gasteiger charge is -2.24. The minimum Gasteiger partial charge on any atom is -0.503 e. The summed E-state index contributed by atoms with van der Waals surface area (Å²) in [4.78, 5) is 0. The predicted octanol–water partition coefficient (Wildman–Crippen LogP) is 4.74. The maximum atomic E-state index is 9.78. The molecule has 1 aromatic rings. The summed E-state index contributed by atoms with van der Waals surface area (Å²) in [6.45, 7) is 6.65. The van der Waals surface area contributed by atoms with E-state index in [1.165, 1.54) is 6.42 Å². The highest BCUT2D eigenvalue weighted by Gasteiger charge is 2.19. The standard InChI is InChI=1S/C15H22BrO2/c1-5-6-7-15(2,3)10-11-8-12(16)14(17)13(9-11)18-4/h7-9,17H,5-6,10H2,1-4H3. The third-order valence-corrected chi connectivity index (χ3v) is 3.56. The fraction of sp³-hybridized carbons (Fsp3) is 0.533. The molecular formula is C15H22BrO2. The monoisotopic (exact) mass is 313 g/mol. The van der Waals surface area contributed by atoms with Gasteiger partial charge in [0.1, 0.15) is 0 Å². The first-order chi connectivity index (χ1) is 8.39. The van der Waals surface area contributed by atoms with Gasteiger partial charge in [-0.3, -0.25) is 0 Å². The van der Waals surface area contributed by atoms with Gasteiger partial charge in [0.05, 0.1) is 11.6 Å². The van der Waals surface area contributed by atoms with Crippen LogP contribution in [0.15, 0.2) is 16.6 Å². The minimum atomic E-state index is 0.150. The van der Waals surface area contributed by atoms with E-state index >= 15 is 0 Å². The van der Waals surface area contributed by atoms with Crippen LogP contribution < -0.4 is 4.74 Å². The van der Waals surface area contributed by atoms with Crippen LogP contribution in [0.25, 0.3) is 0 Å². The van der Waals surface area contributed by atoms with Gasteiger partial charge in [0.25, 0.3) is 0 Å². The maximum absolute atomic E-state index is 9.78. The Morgan fingerprint density at radius 2 is 2.06 bits per heavy atom. The van der Waals surface area contributed by atoms with Crippen LogP contribution in [0.5, 0.6) is 11.5 Å². The Bertz CT molecular complexity index is 400. The molecule has 0 fully saturated rings. The van der Waals surface area contributed by atoms with Crippen molar-refractivity contribution in [3.63, 3.8) is 0 Å². The molecule has 0 amide bonds. The third kappa shape index (κ3) is 4.20. The van der Waals surface area contributed by atoms with Crippen molar-refractivity contribution in [2.24, 2.45) is 5.41 Å². The number of ether oxygens (including phenoxy) is 1. The number of phenols is 1. The fourth-order valence-electron chi connectivity index (χ4n) is 2.02. The second-order valence-corrected chi connectivity index (χ2v) is 6.14. The third-order valence-electron chi connectivity index (χ3n) is 2.95. The number of rotatable bonds is 6. The molecule has 0 bridgehead atoms. The van der Waals surface area contributed by atoms with Crippen molar-refractivity contribution >= 4 is 15.9 Å². The van der Waals surface area contributed by atoms with Gasteiger partial charge in [-0.15, -0.1) is 0 Å². The molecule has 0 aliphatic rings. The molecule has 0 heterocycles. The fourth-order valence-corrected chi connectivity index (χ4v) is 2.51. The largest absolute Gasteiger partial charge is 0.503 e. The van der Waals surface area contributed by atoms with Crippen molar-refractivity contribution in [1.82, 2.24) is 0 Å². The summed E-state index contributed by atoms with van der Waals surface area (Å²) >= 11 is 3.36. The van der Waals surface area contributed by atoms with Crippen LogP contribution in [-0.2, 0) is 6.42 Å². The highest BCUT2D eigenvalue weighted by atomic mass is 79.9. The molecule has 101 valence electrons. The van der Waals surface area contributed by atoms with Crippen LogP contribution in [0.1, 0.15) is 39.2 Å². The number of phenolic OH excluding ortho intramolecular Hbond substituents is 1. The highest BCUT2D eigenvalue weighted by Crippen LogP contribution is 2.37. The van der Waals surface area contributed by atoms with Gasteiger partial charge in [0.2, 0.25) is 0 Å². The number of aromatic hydroxyl groups is 1. The average Bonchev–Trinajstić information content (AvgIpc) is 2.30. The molecule has 2 nitrogen and oxygen atoms in total. The van der Waals surface area contributed by atoms with Gasteiger partial charge in [-0.05, 0) is 58.3 Å². The van der Waals surface area contributed by atoms with Crippen LogP contribution in [0.3, 0.4) is 0 Å². The first-order valence-corrected chi connectivity index (χ1v) is 7.08. The van der Waals surface area contributed by atoms with E-state index in [9.17, 15) is 5.11 Å². The van der Waals surface area contributed by atoms with Crippen molar-refractivity contribution in [3.05, 3.63) is 28.6 Å². The molecule has 0 saturated heterocycles. The van der Waals surface area contributed by atoms with Crippen LogP contribution >= 0.6 is 15.9 Å². The van der Waals surface area contributed by atoms with Crippen molar-refractivity contribution < 1.29 is 9.84 Å². The summed E-state index contributed by atoms with van der Waals surface area (Å²) in [5.74, 6) is 0.683. The van der Waals surface area contributed by atoms with Crippen molar-refractivity contribution in [3.8, 4) is 11.5 Å². The van der Waals surface area contributed by atoms with Gasteiger partial charge < -0.3 is 9.84 Å².